The number of aromatic nitrogens is 2. The molecule has 3 heteroatoms. The summed E-state index contributed by atoms with van der Waals surface area (Å²) in [5.41, 5.74) is 13.3. The van der Waals surface area contributed by atoms with Crippen LogP contribution >= 0.6 is 0 Å². The second kappa shape index (κ2) is 6.77. The summed E-state index contributed by atoms with van der Waals surface area (Å²) in [6.07, 6.45) is 4.07. The van der Waals surface area contributed by atoms with Gasteiger partial charge in [-0.15, -0.1) is 0 Å². The van der Waals surface area contributed by atoms with E-state index in [4.69, 9.17) is 14.4 Å². The van der Waals surface area contributed by atoms with Crippen molar-refractivity contribution in [3.05, 3.63) is 82.7 Å². The fourth-order valence-electron chi connectivity index (χ4n) is 5.62. The molecule has 0 aliphatic heterocycles. The highest BCUT2D eigenvalue weighted by molar-refractivity contribution is 6.12. The molecule has 3 heterocycles. The van der Waals surface area contributed by atoms with Crippen LogP contribution in [0.4, 0.5) is 0 Å². The van der Waals surface area contributed by atoms with Gasteiger partial charge in [0.05, 0.1) is 5.69 Å². The van der Waals surface area contributed by atoms with Crippen LogP contribution in [-0.2, 0) is 5.41 Å². The monoisotopic (exact) mass is 432 g/mol. The van der Waals surface area contributed by atoms with Crippen LogP contribution in [0.3, 0.4) is 0 Å². The van der Waals surface area contributed by atoms with E-state index < -0.39 is 0 Å². The van der Waals surface area contributed by atoms with E-state index in [1.54, 1.807) is 0 Å². The van der Waals surface area contributed by atoms with Crippen molar-refractivity contribution in [3.8, 4) is 22.4 Å². The number of rotatable bonds is 2. The largest absolute Gasteiger partial charge is 0.453 e. The van der Waals surface area contributed by atoms with Gasteiger partial charge in [0.15, 0.2) is 5.58 Å². The van der Waals surface area contributed by atoms with E-state index in [9.17, 15) is 0 Å². The highest BCUT2D eigenvalue weighted by atomic mass is 16.3. The third kappa shape index (κ3) is 2.68. The molecule has 6 rings (SSSR count). The maximum atomic E-state index is 6.73. The van der Waals surface area contributed by atoms with Gasteiger partial charge in [-0.05, 0) is 65.3 Å². The van der Waals surface area contributed by atoms with Gasteiger partial charge >= 0.3 is 0 Å². The van der Waals surface area contributed by atoms with Crippen molar-refractivity contribution in [3.63, 3.8) is 0 Å². The summed E-state index contributed by atoms with van der Waals surface area (Å²) in [7, 11) is 0. The Morgan fingerprint density at radius 3 is 2.36 bits per heavy atom. The molecular formula is C30H28N2O. The van der Waals surface area contributed by atoms with E-state index in [-0.39, 0.29) is 5.41 Å². The Balaban J connectivity index is 1.68. The zero-order valence-electron chi connectivity index (χ0n) is 20.1. The van der Waals surface area contributed by atoms with Gasteiger partial charge in [-0.2, -0.15) is 0 Å². The zero-order valence-corrected chi connectivity index (χ0v) is 20.1. The van der Waals surface area contributed by atoms with Crippen LogP contribution < -0.4 is 0 Å². The molecule has 0 amide bonds. The lowest BCUT2D eigenvalue weighted by Crippen LogP contribution is -2.15. The van der Waals surface area contributed by atoms with Crippen LogP contribution in [0, 0.1) is 13.8 Å². The first-order valence-corrected chi connectivity index (χ1v) is 11.7. The lowest BCUT2D eigenvalue weighted by Gasteiger charge is -2.20. The van der Waals surface area contributed by atoms with Crippen molar-refractivity contribution in [2.45, 2.75) is 52.9 Å². The maximum Gasteiger partial charge on any atom is 0.162 e. The van der Waals surface area contributed by atoms with E-state index >= 15 is 0 Å². The van der Waals surface area contributed by atoms with Crippen molar-refractivity contribution in [1.82, 2.24) is 9.97 Å². The first kappa shape index (κ1) is 20.2. The number of benzene rings is 2. The molecule has 33 heavy (non-hydrogen) atoms. The number of hydrogen-bond acceptors (Lipinski definition) is 3. The predicted octanol–water partition coefficient (Wildman–Crippen LogP) is 8.09. The molecule has 0 spiro atoms. The molecule has 0 bridgehead atoms. The third-order valence-corrected chi connectivity index (χ3v) is 7.43. The molecule has 1 aliphatic carbocycles. The smallest absolute Gasteiger partial charge is 0.162 e. The summed E-state index contributed by atoms with van der Waals surface area (Å²) < 4.78 is 6.73. The molecule has 0 radical (unpaired) electrons. The van der Waals surface area contributed by atoms with Crippen LogP contribution in [0.15, 0.2) is 59.3 Å². The average Bonchev–Trinajstić information content (AvgIpc) is 3.26. The van der Waals surface area contributed by atoms with E-state index in [1.807, 2.05) is 12.4 Å². The lowest BCUT2D eigenvalue weighted by atomic mass is 9.83. The minimum absolute atomic E-state index is 0.101. The Kier molecular flexibility index (Phi) is 4.14. The normalized spacial score (nSPS) is 14.3. The number of aryl methyl sites for hydroxylation is 2. The van der Waals surface area contributed by atoms with Crippen LogP contribution in [0.25, 0.3) is 44.5 Å². The molecule has 5 aromatic rings. The van der Waals surface area contributed by atoms with E-state index in [2.05, 4.69) is 84.0 Å². The highest BCUT2D eigenvalue weighted by Crippen LogP contribution is 2.52. The molecule has 3 aromatic heterocycles. The van der Waals surface area contributed by atoms with Gasteiger partial charge in [0, 0.05) is 34.3 Å². The summed E-state index contributed by atoms with van der Waals surface area (Å²) in [6, 6.07) is 15.2. The van der Waals surface area contributed by atoms with Crippen LogP contribution in [0.1, 0.15) is 61.4 Å². The zero-order chi connectivity index (χ0) is 23.1. The Labute approximate surface area is 194 Å². The standard InChI is InChI=1S/C30H28N2O/c1-16(2)21-14-31-24(13-18(21)4)25-17(3)11-12-20-27-29(33-28(20)25)26-19-9-7-8-10-22(19)30(5,6)23(26)15-32-27/h7-16H,1-6H3. The molecule has 0 saturated heterocycles. The minimum Gasteiger partial charge on any atom is -0.453 e. The van der Waals surface area contributed by atoms with Crippen LogP contribution in [-0.4, -0.2) is 9.97 Å². The Bertz CT molecular complexity index is 1590. The number of furan rings is 1. The van der Waals surface area contributed by atoms with Crippen molar-refractivity contribution in [2.75, 3.05) is 0 Å². The second-order valence-electron chi connectivity index (χ2n) is 10.2. The molecule has 0 fully saturated rings. The van der Waals surface area contributed by atoms with Crippen molar-refractivity contribution in [2.24, 2.45) is 0 Å². The first-order chi connectivity index (χ1) is 15.8. The number of fused-ring (bicyclic) bond motifs is 7. The van der Waals surface area contributed by atoms with Gasteiger partial charge in [-0.3, -0.25) is 9.97 Å². The Morgan fingerprint density at radius 1 is 0.818 bits per heavy atom. The van der Waals surface area contributed by atoms with E-state index in [0.717, 1.165) is 38.9 Å². The summed E-state index contributed by atoms with van der Waals surface area (Å²) in [4.78, 5) is 9.79. The molecule has 0 N–H and O–H groups in total. The fourth-order valence-corrected chi connectivity index (χ4v) is 5.62. The first-order valence-electron chi connectivity index (χ1n) is 11.7. The summed E-state index contributed by atoms with van der Waals surface area (Å²) in [5.74, 6) is 0.449. The summed E-state index contributed by atoms with van der Waals surface area (Å²) in [6.45, 7) is 13.3. The number of nitrogens with zero attached hydrogens (tertiary/aromatic N) is 2. The van der Waals surface area contributed by atoms with E-state index in [0.29, 0.717) is 5.92 Å². The molecule has 1 aliphatic rings. The Morgan fingerprint density at radius 2 is 1.61 bits per heavy atom. The molecule has 164 valence electrons. The number of pyridine rings is 2. The molecule has 0 atom stereocenters. The van der Waals surface area contributed by atoms with E-state index in [1.165, 1.54) is 33.4 Å². The van der Waals surface area contributed by atoms with Gasteiger partial charge < -0.3 is 4.42 Å². The van der Waals surface area contributed by atoms with Gasteiger partial charge in [-0.25, -0.2) is 0 Å². The number of hydrogen-bond donors (Lipinski definition) is 0. The fraction of sp³-hybridized carbons (Fsp3) is 0.267. The van der Waals surface area contributed by atoms with Crippen molar-refractivity contribution >= 4 is 22.1 Å². The second-order valence-corrected chi connectivity index (χ2v) is 10.2. The third-order valence-electron chi connectivity index (χ3n) is 7.43. The lowest BCUT2D eigenvalue weighted by molar-refractivity contribution is 0.650. The molecular weight excluding hydrogens is 404 g/mol. The van der Waals surface area contributed by atoms with Crippen molar-refractivity contribution in [1.29, 1.82) is 0 Å². The van der Waals surface area contributed by atoms with Crippen LogP contribution in [0.2, 0.25) is 0 Å². The minimum atomic E-state index is -0.101. The molecule has 3 nitrogen and oxygen atoms in total. The van der Waals surface area contributed by atoms with Crippen LogP contribution in [0.5, 0.6) is 0 Å². The van der Waals surface area contributed by atoms with Gasteiger partial charge in [0.25, 0.3) is 0 Å². The highest BCUT2D eigenvalue weighted by Gasteiger charge is 2.38. The molecule has 0 saturated carbocycles. The molecule has 2 aromatic carbocycles. The van der Waals surface area contributed by atoms with Crippen molar-refractivity contribution < 1.29 is 4.42 Å². The summed E-state index contributed by atoms with van der Waals surface area (Å²) in [5, 5.41) is 1.04. The predicted molar refractivity (Wildman–Crippen MR) is 136 cm³/mol. The maximum absolute atomic E-state index is 6.73. The SMILES string of the molecule is Cc1cc(-c2c(C)ccc3c2oc2c4c(cnc23)C(C)(C)c2ccccc2-4)ncc1C(C)C. The topological polar surface area (TPSA) is 38.9 Å². The molecule has 0 unspecified atom stereocenters. The van der Waals surface area contributed by atoms with Gasteiger partial charge in [-0.1, -0.05) is 58.0 Å². The van der Waals surface area contributed by atoms with Gasteiger partial charge in [0.1, 0.15) is 11.1 Å². The quantitative estimate of drug-likeness (QED) is 0.283. The Hall–Kier alpha value is -3.46. The van der Waals surface area contributed by atoms with Gasteiger partial charge in [0.2, 0.25) is 0 Å². The average molecular weight is 433 g/mol. The summed E-state index contributed by atoms with van der Waals surface area (Å²) >= 11 is 0.